The Hall–Kier alpha value is -2.96. The Morgan fingerprint density at radius 3 is 2.44 bits per heavy atom. The number of carbonyl (C=O) groups is 2. The van der Waals surface area contributed by atoms with Gasteiger partial charge in [-0.3, -0.25) is 4.79 Å². The first kappa shape index (κ1) is 27.6. The van der Waals surface area contributed by atoms with Crippen LogP contribution in [0.4, 0.5) is 5.69 Å². The molecule has 36 heavy (non-hydrogen) atoms. The number of carboxylic acid groups (broad SMARTS) is 1. The van der Waals surface area contributed by atoms with E-state index in [9.17, 15) is 23.1 Å². The summed E-state index contributed by atoms with van der Waals surface area (Å²) in [4.78, 5) is 24.1. The van der Waals surface area contributed by atoms with Crippen molar-refractivity contribution in [1.29, 1.82) is 0 Å². The van der Waals surface area contributed by atoms with Gasteiger partial charge in [-0.15, -0.1) is 0 Å². The molecule has 0 bridgehead atoms. The molecule has 12 heteroatoms. The number of benzene rings is 1. The minimum Gasteiger partial charge on any atom is -0.476 e. The van der Waals surface area contributed by atoms with E-state index in [2.05, 4.69) is 10.4 Å². The van der Waals surface area contributed by atoms with Crippen molar-refractivity contribution in [3.63, 3.8) is 0 Å². The molecular weight excluding hydrogens is 488 g/mol. The maximum Gasteiger partial charge on any atom is 0.356 e. The van der Waals surface area contributed by atoms with E-state index in [0.29, 0.717) is 12.1 Å². The minimum absolute atomic E-state index is 0.00605. The van der Waals surface area contributed by atoms with Crippen LogP contribution in [0.5, 0.6) is 11.6 Å². The number of amides is 1. The van der Waals surface area contributed by atoms with Crippen molar-refractivity contribution in [3.05, 3.63) is 29.5 Å². The predicted octanol–water partition coefficient (Wildman–Crippen LogP) is 3.44. The zero-order valence-corrected chi connectivity index (χ0v) is 22.3. The number of hydrogen-bond donors (Lipinski definition) is 2. The highest BCUT2D eigenvalue weighted by Gasteiger charge is 2.33. The van der Waals surface area contributed by atoms with Crippen LogP contribution < -0.4 is 10.1 Å². The monoisotopic (exact) mass is 522 g/mol. The third-order valence-electron chi connectivity index (χ3n) is 5.97. The Morgan fingerprint density at radius 1 is 1.25 bits per heavy atom. The third kappa shape index (κ3) is 5.71. The lowest BCUT2D eigenvalue weighted by molar-refractivity contribution is -0.119. The summed E-state index contributed by atoms with van der Waals surface area (Å²) in [6, 6.07) is 4.38. The van der Waals surface area contributed by atoms with Crippen LogP contribution >= 0.6 is 0 Å². The van der Waals surface area contributed by atoms with Crippen LogP contribution in [-0.4, -0.2) is 65.8 Å². The number of rotatable bonds is 8. The van der Waals surface area contributed by atoms with E-state index in [1.165, 1.54) is 21.1 Å². The summed E-state index contributed by atoms with van der Waals surface area (Å²) in [7, 11) is -4.04. The largest absolute Gasteiger partial charge is 0.476 e. The maximum atomic E-state index is 13.7. The molecule has 1 atom stereocenters. The summed E-state index contributed by atoms with van der Waals surface area (Å²) in [6.45, 7) is 11.6. The smallest absolute Gasteiger partial charge is 0.356 e. The second kappa shape index (κ2) is 10.6. The second-order valence-corrected chi connectivity index (χ2v) is 11.7. The Kier molecular flexibility index (Phi) is 8.11. The van der Waals surface area contributed by atoms with Gasteiger partial charge >= 0.3 is 5.97 Å². The fourth-order valence-corrected chi connectivity index (χ4v) is 5.16. The van der Waals surface area contributed by atoms with E-state index >= 15 is 0 Å². The van der Waals surface area contributed by atoms with Crippen molar-refractivity contribution in [3.8, 4) is 11.6 Å². The molecule has 2 aromatic rings. The third-order valence-corrected chi connectivity index (χ3v) is 7.89. The van der Waals surface area contributed by atoms with E-state index in [-0.39, 0.29) is 65.9 Å². The standard InChI is InChI=1S/C24H34N4O7S/c1-7-15(2)21(29)25-17-8-9-18(19(14-17)36(32,33)27-10-12-34-13-11-27)35-22-16(3)20(23(30)31)26-28(22)24(4,5)6/h8-9,14-15H,7,10-13H2,1-6H3,(H,25,29)(H,30,31). The zero-order valence-electron chi connectivity index (χ0n) is 21.5. The number of anilines is 1. The molecule has 1 aliphatic heterocycles. The molecule has 1 fully saturated rings. The number of nitrogens with zero attached hydrogens (tertiary/aromatic N) is 3. The van der Waals surface area contributed by atoms with E-state index in [4.69, 9.17) is 9.47 Å². The van der Waals surface area contributed by atoms with E-state index in [1.807, 2.05) is 27.7 Å². The van der Waals surface area contributed by atoms with Crippen molar-refractivity contribution in [2.24, 2.45) is 5.92 Å². The molecule has 1 aliphatic rings. The number of sulfonamides is 1. The first-order valence-corrected chi connectivity index (χ1v) is 13.3. The molecule has 1 saturated heterocycles. The molecule has 2 heterocycles. The van der Waals surface area contributed by atoms with Crippen LogP contribution in [0, 0.1) is 12.8 Å². The van der Waals surface area contributed by atoms with Gasteiger partial charge in [-0.05, 0) is 52.3 Å². The first-order chi connectivity index (χ1) is 16.8. The van der Waals surface area contributed by atoms with Crippen LogP contribution in [0.2, 0.25) is 0 Å². The lowest BCUT2D eigenvalue weighted by atomic mass is 10.1. The number of carboxylic acids is 1. The van der Waals surface area contributed by atoms with Gasteiger partial charge in [0.1, 0.15) is 10.6 Å². The molecule has 1 aromatic heterocycles. The molecule has 0 radical (unpaired) electrons. The van der Waals surface area contributed by atoms with E-state index in [0.717, 1.165) is 0 Å². The van der Waals surface area contributed by atoms with Crippen molar-refractivity contribution in [2.45, 2.75) is 58.4 Å². The molecule has 1 amide bonds. The van der Waals surface area contributed by atoms with Crippen LogP contribution in [0.15, 0.2) is 23.1 Å². The summed E-state index contributed by atoms with van der Waals surface area (Å²) < 4.78 is 41.5. The highest BCUT2D eigenvalue weighted by atomic mass is 32.2. The van der Waals surface area contributed by atoms with Gasteiger partial charge in [0.05, 0.1) is 18.8 Å². The Labute approximate surface area is 211 Å². The number of carbonyl (C=O) groups excluding carboxylic acids is 1. The van der Waals surface area contributed by atoms with Gasteiger partial charge in [0.15, 0.2) is 5.69 Å². The SMILES string of the molecule is CCC(C)C(=O)Nc1ccc(Oc2c(C)c(C(=O)O)nn2C(C)(C)C)c(S(=O)(=O)N2CCOCC2)c1. The van der Waals surface area contributed by atoms with Gasteiger partial charge in [0, 0.05) is 30.3 Å². The summed E-state index contributed by atoms with van der Waals surface area (Å²) >= 11 is 0. The first-order valence-electron chi connectivity index (χ1n) is 11.8. The molecule has 1 aromatic carbocycles. The van der Waals surface area contributed by atoms with E-state index in [1.54, 1.807) is 19.9 Å². The van der Waals surface area contributed by atoms with Crippen molar-refractivity contribution in [1.82, 2.24) is 14.1 Å². The Balaban J connectivity index is 2.14. The van der Waals surface area contributed by atoms with Crippen molar-refractivity contribution in [2.75, 3.05) is 31.6 Å². The second-order valence-electron chi connectivity index (χ2n) is 9.75. The molecule has 11 nitrogen and oxygen atoms in total. The lowest BCUT2D eigenvalue weighted by Gasteiger charge is -2.27. The molecule has 1 unspecified atom stereocenters. The normalized spacial score (nSPS) is 15.9. The van der Waals surface area contributed by atoms with Crippen LogP contribution in [0.1, 0.15) is 57.1 Å². The molecule has 198 valence electrons. The maximum absolute atomic E-state index is 13.7. The summed E-state index contributed by atoms with van der Waals surface area (Å²) in [5.74, 6) is -1.58. The molecular formula is C24H34N4O7S. The number of nitrogens with one attached hydrogen (secondary N) is 1. The summed E-state index contributed by atoms with van der Waals surface area (Å²) in [6.07, 6.45) is 0.633. The van der Waals surface area contributed by atoms with Gasteiger partial charge in [0.25, 0.3) is 0 Å². The van der Waals surface area contributed by atoms with E-state index < -0.39 is 21.5 Å². The summed E-state index contributed by atoms with van der Waals surface area (Å²) in [5, 5.41) is 16.6. The van der Waals surface area contributed by atoms with Crippen LogP contribution in [-0.2, 0) is 25.1 Å². The van der Waals surface area contributed by atoms with Crippen LogP contribution in [0.25, 0.3) is 0 Å². The fraction of sp³-hybridized carbons (Fsp3) is 0.542. The van der Waals surface area contributed by atoms with Gasteiger partial charge < -0.3 is 19.9 Å². The highest BCUT2D eigenvalue weighted by molar-refractivity contribution is 7.89. The number of hydrogen-bond acceptors (Lipinski definition) is 7. The Morgan fingerprint density at radius 2 is 1.89 bits per heavy atom. The minimum atomic E-state index is -4.04. The highest BCUT2D eigenvalue weighted by Crippen LogP contribution is 2.37. The van der Waals surface area contributed by atoms with Gasteiger partial charge in [-0.25, -0.2) is 17.9 Å². The average Bonchev–Trinajstić information content (AvgIpc) is 3.16. The van der Waals surface area contributed by atoms with Crippen molar-refractivity contribution < 1.29 is 32.6 Å². The molecule has 0 aliphatic carbocycles. The molecule has 0 spiro atoms. The number of morpholine rings is 1. The number of aromatic carboxylic acids is 1. The topological polar surface area (TPSA) is 140 Å². The lowest BCUT2D eigenvalue weighted by Crippen LogP contribution is -2.40. The predicted molar refractivity (Wildman–Crippen MR) is 133 cm³/mol. The fourth-order valence-electron chi connectivity index (χ4n) is 3.61. The van der Waals surface area contributed by atoms with Gasteiger partial charge in [-0.2, -0.15) is 9.40 Å². The number of aromatic nitrogens is 2. The van der Waals surface area contributed by atoms with Crippen molar-refractivity contribution >= 4 is 27.6 Å². The molecule has 2 N–H and O–H groups in total. The van der Waals surface area contributed by atoms with Gasteiger partial charge in [-0.1, -0.05) is 13.8 Å². The molecule has 0 saturated carbocycles. The Bertz CT molecular complexity index is 1240. The average molecular weight is 523 g/mol. The van der Waals surface area contributed by atoms with Gasteiger partial charge in [0.2, 0.25) is 21.8 Å². The van der Waals surface area contributed by atoms with Crippen LogP contribution in [0.3, 0.4) is 0 Å². The quantitative estimate of drug-likeness (QED) is 0.537. The molecule has 3 rings (SSSR count). The zero-order chi connectivity index (χ0) is 26.8. The summed E-state index contributed by atoms with van der Waals surface area (Å²) in [5.41, 5.74) is -0.260. The number of ether oxygens (including phenoxy) is 2.